The monoisotopic (exact) mass is 194 g/mol. The molecule has 0 radical (unpaired) electrons. The zero-order chi connectivity index (χ0) is 10.1. The van der Waals surface area contributed by atoms with Crippen molar-refractivity contribution in [3.8, 4) is 0 Å². The molecule has 13 heavy (non-hydrogen) atoms. The number of benzene rings is 1. The molecule has 1 aromatic carbocycles. The van der Waals surface area contributed by atoms with Crippen LogP contribution in [0.15, 0.2) is 18.2 Å². The summed E-state index contributed by atoms with van der Waals surface area (Å²) < 4.78 is 0.0802. The van der Waals surface area contributed by atoms with E-state index in [1.54, 1.807) is 0 Å². The molecule has 0 aromatic heterocycles. The molecule has 0 aliphatic carbocycles. The van der Waals surface area contributed by atoms with Crippen LogP contribution in [0.1, 0.15) is 30.5 Å². The molecule has 1 aromatic rings. The van der Waals surface area contributed by atoms with E-state index < -0.39 is 0 Å². The molecule has 0 N–H and O–H groups in total. The molecule has 0 saturated heterocycles. The zero-order valence-electron chi connectivity index (χ0n) is 8.89. The smallest absolute Gasteiger partial charge is 0.0114 e. The Labute approximate surface area is 86.8 Å². The third-order valence-corrected chi connectivity index (χ3v) is 2.41. The quantitative estimate of drug-likeness (QED) is 0.684. The lowest BCUT2D eigenvalue weighted by Crippen LogP contribution is -2.15. The normalized spacial score (nSPS) is 11.8. The van der Waals surface area contributed by atoms with Crippen LogP contribution in [0, 0.1) is 13.8 Å². The lowest BCUT2D eigenvalue weighted by Gasteiger charge is -2.20. The van der Waals surface area contributed by atoms with Crippen LogP contribution in [0.5, 0.6) is 0 Å². The summed E-state index contributed by atoms with van der Waals surface area (Å²) in [6, 6.07) is 6.45. The predicted octanol–water partition coefficient (Wildman–Crippen LogP) is 3.55. The van der Waals surface area contributed by atoms with Crippen molar-refractivity contribution in [3.05, 3.63) is 34.9 Å². The van der Waals surface area contributed by atoms with Crippen LogP contribution in [0.25, 0.3) is 0 Å². The zero-order valence-corrected chi connectivity index (χ0v) is 9.78. The van der Waals surface area contributed by atoms with Gasteiger partial charge in [0.2, 0.25) is 0 Å². The van der Waals surface area contributed by atoms with Gasteiger partial charge in [-0.1, -0.05) is 32.0 Å². The third-order valence-electron chi connectivity index (χ3n) is 2.25. The largest absolute Gasteiger partial charge is 0.173 e. The minimum absolute atomic E-state index is 0.0802. The number of thiol groups is 1. The minimum Gasteiger partial charge on any atom is -0.173 e. The van der Waals surface area contributed by atoms with Crippen molar-refractivity contribution in [2.75, 3.05) is 0 Å². The van der Waals surface area contributed by atoms with Gasteiger partial charge in [0.05, 0.1) is 0 Å². The van der Waals surface area contributed by atoms with Gasteiger partial charge in [-0.15, -0.1) is 0 Å². The molecule has 0 spiro atoms. The van der Waals surface area contributed by atoms with Crippen molar-refractivity contribution < 1.29 is 0 Å². The topological polar surface area (TPSA) is 0 Å². The van der Waals surface area contributed by atoms with Crippen LogP contribution >= 0.6 is 12.6 Å². The number of aryl methyl sites for hydroxylation is 2. The van der Waals surface area contributed by atoms with Crippen LogP contribution in [0.4, 0.5) is 0 Å². The van der Waals surface area contributed by atoms with Crippen molar-refractivity contribution in [2.45, 2.75) is 38.9 Å². The van der Waals surface area contributed by atoms with Gasteiger partial charge in [-0.3, -0.25) is 0 Å². The molecular weight excluding hydrogens is 176 g/mol. The molecule has 0 unspecified atom stereocenters. The molecule has 0 aliphatic rings. The highest BCUT2D eigenvalue weighted by molar-refractivity contribution is 7.81. The van der Waals surface area contributed by atoms with Gasteiger partial charge in [0.25, 0.3) is 0 Å². The Morgan fingerprint density at radius 3 is 2.00 bits per heavy atom. The Hall–Kier alpha value is -0.430. The number of rotatable bonds is 2. The summed E-state index contributed by atoms with van der Waals surface area (Å²) in [5.74, 6) is 0. The first-order chi connectivity index (χ1) is 5.90. The van der Waals surface area contributed by atoms with E-state index in [2.05, 4.69) is 58.5 Å². The summed E-state index contributed by atoms with van der Waals surface area (Å²) in [7, 11) is 0. The Morgan fingerprint density at radius 2 is 1.62 bits per heavy atom. The molecule has 1 heteroatoms. The van der Waals surface area contributed by atoms with Crippen LogP contribution in [0.3, 0.4) is 0 Å². The molecule has 72 valence electrons. The highest BCUT2D eigenvalue weighted by Gasteiger charge is 2.14. The molecular formula is C12H18S. The van der Waals surface area contributed by atoms with E-state index in [1.807, 2.05) is 0 Å². The maximum absolute atomic E-state index is 4.56. The summed E-state index contributed by atoms with van der Waals surface area (Å²) in [6.07, 6.45) is 1.04. The summed E-state index contributed by atoms with van der Waals surface area (Å²) in [5.41, 5.74) is 4.20. The Bertz CT molecular complexity index is 274. The van der Waals surface area contributed by atoms with Gasteiger partial charge in [-0.2, -0.15) is 12.6 Å². The predicted molar refractivity (Wildman–Crippen MR) is 62.7 cm³/mol. The lowest BCUT2D eigenvalue weighted by atomic mass is 9.94. The van der Waals surface area contributed by atoms with Crippen molar-refractivity contribution in [1.82, 2.24) is 0 Å². The van der Waals surface area contributed by atoms with E-state index in [0.29, 0.717) is 0 Å². The van der Waals surface area contributed by atoms with Crippen LogP contribution in [0.2, 0.25) is 0 Å². The lowest BCUT2D eigenvalue weighted by molar-refractivity contribution is 0.708. The van der Waals surface area contributed by atoms with Crippen molar-refractivity contribution in [3.63, 3.8) is 0 Å². The van der Waals surface area contributed by atoms with Gasteiger partial charge in [-0.25, -0.2) is 0 Å². The average Bonchev–Trinajstić information content (AvgIpc) is 1.95. The van der Waals surface area contributed by atoms with Crippen LogP contribution in [-0.4, -0.2) is 4.75 Å². The Kier molecular flexibility index (Phi) is 3.07. The average molecular weight is 194 g/mol. The first-order valence-corrected chi connectivity index (χ1v) is 5.12. The fraction of sp³-hybridized carbons (Fsp3) is 0.500. The minimum atomic E-state index is 0.0802. The highest BCUT2D eigenvalue weighted by Crippen LogP contribution is 2.23. The van der Waals surface area contributed by atoms with E-state index in [4.69, 9.17) is 0 Å². The van der Waals surface area contributed by atoms with E-state index in [0.717, 1.165) is 6.42 Å². The second-order valence-corrected chi connectivity index (χ2v) is 5.57. The molecule has 0 aliphatic heterocycles. The summed E-state index contributed by atoms with van der Waals surface area (Å²) in [6.45, 7) is 8.65. The van der Waals surface area contributed by atoms with Crippen molar-refractivity contribution >= 4 is 12.6 Å². The van der Waals surface area contributed by atoms with E-state index >= 15 is 0 Å². The molecule has 0 saturated carbocycles. The number of hydrogen-bond donors (Lipinski definition) is 1. The molecule has 0 amide bonds. The van der Waals surface area contributed by atoms with Gasteiger partial charge < -0.3 is 0 Å². The van der Waals surface area contributed by atoms with Gasteiger partial charge in [0.15, 0.2) is 0 Å². The van der Waals surface area contributed by atoms with Crippen LogP contribution < -0.4 is 0 Å². The standard InChI is InChI=1S/C12H18S/c1-9-6-5-7-10(2)11(9)8-12(3,4)13/h5-7,13H,8H2,1-4H3. The molecule has 1 rings (SSSR count). The first kappa shape index (κ1) is 10.6. The van der Waals surface area contributed by atoms with Crippen LogP contribution in [-0.2, 0) is 6.42 Å². The summed E-state index contributed by atoms with van der Waals surface area (Å²) in [4.78, 5) is 0. The van der Waals surface area contributed by atoms with E-state index in [9.17, 15) is 0 Å². The van der Waals surface area contributed by atoms with Gasteiger partial charge in [0, 0.05) is 4.75 Å². The molecule has 0 atom stereocenters. The first-order valence-electron chi connectivity index (χ1n) is 4.67. The summed E-state index contributed by atoms with van der Waals surface area (Å²) >= 11 is 4.56. The molecule has 0 heterocycles. The molecule has 0 fully saturated rings. The van der Waals surface area contributed by atoms with E-state index in [1.165, 1.54) is 16.7 Å². The van der Waals surface area contributed by atoms with Gasteiger partial charge in [0.1, 0.15) is 0 Å². The fourth-order valence-corrected chi connectivity index (χ4v) is 1.72. The van der Waals surface area contributed by atoms with Crippen molar-refractivity contribution in [1.29, 1.82) is 0 Å². The second-order valence-electron chi connectivity index (χ2n) is 4.36. The second kappa shape index (κ2) is 3.75. The maximum Gasteiger partial charge on any atom is 0.0114 e. The number of hydrogen-bond acceptors (Lipinski definition) is 1. The van der Waals surface area contributed by atoms with Gasteiger partial charge in [-0.05, 0) is 37.0 Å². The fourth-order valence-electron chi connectivity index (χ4n) is 1.56. The Balaban J connectivity index is 3.00. The third kappa shape index (κ3) is 3.07. The summed E-state index contributed by atoms with van der Waals surface area (Å²) in [5, 5.41) is 0. The highest BCUT2D eigenvalue weighted by atomic mass is 32.1. The SMILES string of the molecule is Cc1cccc(C)c1CC(C)(C)S. The van der Waals surface area contributed by atoms with Crippen molar-refractivity contribution in [2.24, 2.45) is 0 Å². The maximum atomic E-state index is 4.56. The van der Waals surface area contributed by atoms with Gasteiger partial charge >= 0.3 is 0 Å². The van der Waals surface area contributed by atoms with E-state index in [-0.39, 0.29) is 4.75 Å². The molecule has 0 nitrogen and oxygen atoms in total. The molecule has 0 bridgehead atoms. The Morgan fingerprint density at radius 1 is 1.15 bits per heavy atom.